The Kier molecular flexibility index (Phi) is 29.7. The van der Waals surface area contributed by atoms with Crippen molar-refractivity contribution in [2.75, 3.05) is 0 Å². The molecule has 138 heavy (non-hydrogen) atoms. The first-order valence-corrected chi connectivity index (χ1v) is 55.7. The first-order chi connectivity index (χ1) is 66.8. The van der Waals surface area contributed by atoms with Gasteiger partial charge in [-0.25, -0.2) is 0 Å². The van der Waals surface area contributed by atoms with E-state index in [0.717, 1.165) is 74.0 Å². The minimum atomic E-state index is 0.695. The molecule has 0 aliphatic rings. The first kappa shape index (κ1) is 96.7. The number of rotatable bonds is 48. The fraction of sp³-hybridized carbons (Fsp3) is 0.435. The van der Waals surface area contributed by atoms with E-state index in [1.165, 1.54) is 384 Å². The number of aryl methyl sites for hydroxylation is 6. The van der Waals surface area contributed by atoms with Crippen molar-refractivity contribution in [2.45, 2.75) is 317 Å². The molecule has 0 bridgehead atoms. The van der Waals surface area contributed by atoms with Gasteiger partial charge in [-0.05, 0) is 450 Å². The van der Waals surface area contributed by atoms with Gasteiger partial charge in [0, 0.05) is 0 Å². The summed E-state index contributed by atoms with van der Waals surface area (Å²) < 4.78 is 0. The van der Waals surface area contributed by atoms with Crippen LogP contribution in [0.1, 0.15) is 312 Å². The van der Waals surface area contributed by atoms with E-state index in [4.69, 9.17) is 0 Å². The molecule has 6 atom stereocenters. The highest BCUT2D eigenvalue weighted by Crippen LogP contribution is 2.63. The monoisotopic (exact) mass is 1820 g/mol. The molecule has 0 heteroatoms. The van der Waals surface area contributed by atoms with Crippen LogP contribution in [0.2, 0.25) is 0 Å². The molecule has 0 saturated carbocycles. The van der Waals surface area contributed by atoms with Crippen molar-refractivity contribution >= 4 is 129 Å². The van der Waals surface area contributed by atoms with Gasteiger partial charge in [0.15, 0.2) is 0 Å². The van der Waals surface area contributed by atoms with Crippen LogP contribution < -0.4 is 0 Å². The highest BCUT2D eigenvalue weighted by molar-refractivity contribution is 6.61. The summed E-state index contributed by atoms with van der Waals surface area (Å²) in [5.41, 5.74) is 24.0. The molecule has 0 heterocycles. The van der Waals surface area contributed by atoms with E-state index >= 15 is 0 Å². The maximum atomic E-state index is 2.69. The largest absolute Gasteiger partial charge is 0.0628 e. The SMILES string of the molecule is CC(C)CCCC(C)CCc1ccc(-c2cc3c4cc(-c5ccc(CCC(C)CCCC(C)C)cc5)cc5c6cc(-c7ccc(CCC(C)CCCC(C)C)cc7)cc7c8cc(-c9ccc(CCC(C)CCCC(C)C)cc9)cc9c%10cc(-c%11ccc(CCC(C)CCCC(C)C)cc%11)cc%11c%12cc(-c%13ccc(CCC(C)CCCC(C)C)cc%13)cc%13c(c2)c3c2c(c45)c(c67)c(c89)c(c%11%10)c2c%13%12)cc1. The third-order valence-electron chi connectivity index (χ3n) is 33.7. The van der Waals surface area contributed by atoms with Crippen LogP contribution in [0.4, 0.5) is 0 Å². The number of fused-ring (bicyclic) bond motifs is 6. The van der Waals surface area contributed by atoms with E-state index in [0.29, 0.717) is 35.5 Å². The fourth-order valence-electron chi connectivity index (χ4n) is 25.0. The average Bonchev–Trinajstić information content (AvgIpc) is 0.639. The van der Waals surface area contributed by atoms with Crippen molar-refractivity contribution in [1.82, 2.24) is 0 Å². The Bertz CT molecular complexity index is 5920. The molecule has 19 aromatic carbocycles. The molecule has 0 spiro atoms. The number of hydrogen-bond donors (Lipinski definition) is 0. The van der Waals surface area contributed by atoms with Crippen LogP contribution in [-0.4, -0.2) is 0 Å². The van der Waals surface area contributed by atoms with E-state index < -0.39 is 0 Å². The van der Waals surface area contributed by atoms with Gasteiger partial charge in [-0.2, -0.15) is 0 Å². The van der Waals surface area contributed by atoms with Gasteiger partial charge in [0.25, 0.3) is 0 Å². The summed E-state index contributed by atoms with van der Waals surface area (Å²) >= 11 is 0. The van der Waals surface area contributed by atoms with Crippen LogP contribution in [0.25, 0.3) is 196 Å². The second-order valence-electron chi connectivity index (χ2n) is 47.9. The molecule has 6 unspecified atom stereocenters. The van der Waals surface area contributed by atoms with Gasteiger partial charge in [-0.15, -0.1) is 0 Å². The lowest BCUT2D eigenvalue weighted by Gasteiger charge is -2.30. The zero-order chi connectivity index (χ0) is 95.8. The van der Waals surface area contributed by atoms with E-state index in [2.05, 4.69) is 343 Å². The fourth-order valence-corrected chi connectivity index (χ4v) is 25.0. The van der Waals surface area contributed by atoms with Crippen molar-refractivity contribution in [3.05, 3.63) is 252 Å². The maximum Gasteiger partial charge on any atom is -0.0000469 e. The minimum absolute atomic E-state index is 0.695. The van der Waals surface area contributed by atoms with E-state index in [9.17, 15) is 0 Å². The maximum absolute atomic E-state index is 2.69. The highest BCUT2D eigenvalue weighted by Gasteiger charge is 2.35. The van der Waals surface area contributed by atoms with Gasteiger partial charge in [-0.3, -0.25) is 0 Å². The quantitative estimate of drug-likeness (QED) is 0.0263. The molecular weight excluding hydrogens is 1660 g/mol. The molecule has 0 N–H and O–H groups in total. The Hall–Kier alpha value is -10.1. The van der Waals surface area contributed by atoms with E-state index in [-0.39, 0.29) is 0 Å². The third-order valence-corrected chi connectivity index (χ3v) is 33.7. The third kappa shape index (κ3) is 20.7. The summed E-state index contributed by atoms with van der Waals surface area (Å²) in [4.78, 5) is 0. The summed E-state index contributed by atoms with van der Waals surface area (Å²) in [7, 11) is 0. The molecule has 0 fully saturated rings. The predicted molar refractivity (Wildman–Crippen MR) is 613 cm³/mol. The van der Waals surface area contributed by atoms with Crippen LogP contribution in [0.5, 0.6) is 0 Å². The summed E-state index contributed by atoms with van der Waals surface area (Å²) in [6.07, 6.45) is 37.4. The van der Waals surface area contributed by atoms with Gasteiger partial charge in [-0.1, -0.05) is 386 Å². The molecular formula is C138H162. The van der Waals surface area contributed by atoms with Crippen LogP contribution in [-0.2, 0) is 38.5 Å². The number of hydrogen-bond acceptors (Lipinski definition) is 0. The Labute approximate surface area is 830 Å². The molecule has 0 aliphatic carbocycles. The van der Waals surface area contributed by atoms with Gasteiger partial charge in [0.2, 0.25) is 0 Å². The predicted octanol–water partition coefficient (Wildman–Crippen LogP) is 42.5. The Balaban J connectivity index is 0.907. The highest BCUT2D eigenvalue weighted by atomic mass is 14.4. The van der Waals surface area contributed by atoms with Gasteiger partial charge < -0.3 is 0 Å². The van der Waals surface area contributed by atoms with Crippen molar-refractivity contribution in [3.63, 3.8) is 0 Å². The van der Waals surface area contributed by atoms with Crippen molar-refractivity contribution < 1.29 is 0 Å². The van der Waals surface area contributed by atoms with Gasteiger partial charge in [0.1, 0.15) is 0 Å². The molecule has 0 aliphatic heterocycles. The summed E-state index contributed by atoms with van der Waals surface area (Å²) in [5.74, 6) is 8.68. The first-order valence-electron chi connectivity index (χ1n) is 55.7. The van der Waals surface area contributed by atoms with Crippen LogP contribution in [0, 0.1) is 71.0 Å². The lowest BCUT2D eigenvalue weighted by molar-refractivity contribution is 0.437. The summed E-state index contributed by atoms with van der Waals surface area (Å²) in [5, 5.41) is 33.3. The Morgan fingerprint density at radius 2 is 0.239 bits per heavy atom. The molecule has 714 valence electrons. The second kappa shape index (κ2) is 42.3. The second-order valence-corrected chi connectivity index (χ2v) is 47.9. The van der Waals surface area contributed by atoms with Crippen LogP contribution in [0.15, 0.2) is 218 Å². The zero-order valence-electron chi connectivity index (χ0n) is 87.9. The van der Waals surface area contributed by atoms with Gasteiger partial charge >= 0.3 is 0 Å². The molecule has 0 aromatic heterocycles. The van der Waals surface area contributed by atoms with E-state index in [1.54, 1.807) is 0 Å². The summed E-state index contributed by atoms with van der Waals surface area (Å²) in [6, 6.07) is 92.0. The van der Waals surface area contributed by atoms with Gasteiger partial charge in [0.05, 0.1) is 0 Å². The lowest BCUT2D eigenvalue weighted by Crippen LogP contribution is -2.02. The summed E-state index contributed by atoms with van der Waals surface area (Å²) in [6.45, 7) is 43.5. The minimum Gasteiger partial charge on any atom is -0.0628 e. The Morgan fingerprint density at radius 1 is 0.123 bits per heavy atom. The molecule has 0 amide bonds. The van der Waals surface area contributed by atoms with Crippen molar-refractivity contribution in [2.24, 2.45) is 71.0 Å². The lowest BCUT2D eigenvalue weighted by atomic mass is 9.72. The molecule has 0 radical (unpaired) electrons. The molecule has 0 saturated heterocycles. The zero-order valence-corrected chi connectivity index (χ0v) is 87.9. The topological polar surface area (TPSA) is 0 Å². The molecule has 0 nitrogen and oxygen atoms in total. The van der Waals surface area contributed by atoms with Crippen LogP contribution in [0.3, 0.4) is 0 Å². The molecule has 19 rings (SSSR count). The smallest absolute Gasteiger partial charge is 0.0000469 e. The average molecular weight is 1820 g/mol. The van der Waals surface area contributed by atoms with E-state index in [1.807, 2.05) is 0 Å². The Morgan fingerprint density at radius 3 is 0.348 bits per heavy atom. The van der Waals surface area contributed by atoms with Crippen LogP contribution >= 0.6 is 0 Å². The van der Waals surface area contributed by atoms with Crippen molar-refractivity contribution in [3.8, 4) is 66.8 Å². The van der Waals surface area contributed by atoms with Crippen molar-refractivity contribution in [1.29, 1.82) is 0 Å². The molecule has 19 aromatic rings. The standard InChI is InChI=1S/C138H162/c1-85(2)25-19-31-91(13)37-43-97-49-61-103(62-50-97)109-73-115-117-75-110(104-63-51-98(52-64-104)44-38-92(14)32-20-26-86(3)4)77-119-121-79-112(106-67-55-100(56-68-106)46-40-94(16)34-22-28-88(7)8)81-123-125-83-114(108-71-59-102(60-72-108)48-42-96(18)36-24-30-90(11)12)84-126-124-82-113(107-69-57-101(58-70-107)47-41-95(17)35-23-29-89(9)10)80-122-120-78-111(105-65-53-99(54-66-105)45-39-93(15)33-21-27-87(5)6)76-118-116(74-109)127(115)133-134(128(117)119)136(130(121)123)138(132(125)126)137(131(122)124)135(133)129(118)120/h49-96H,19-48H2,1-18H3. The normalized spacial score (nSPS) is 14.1. The number of benzene rings is 19.